The van der Waals surface area contributed by atoms with Gasteiger partial charge in [0, 0.05) is 29.3 Å². The van der Waals surface area contributed by atoms with Crippen LogP contribution in [0.2, 0.25) is 0 Å². The molecule has 6 heteroatoms. The number of aromatic nitrogens is 2. The van der Waals surface area contributed by atoms with Crippen molar-refractivity contribution < 1.29 is 4.79 Å². The molecule has 0 spiro atoms. The van der Waals surface area contributed by atoms with Crippen molar-refractivity contribution in [1.82, 2.24) is 15.3 Å². The van der Waals surface area contributed by atoms with Crippen LogP contribution >= 0.6 is 11.3 Å². The van der Waals surface area contributed by atoms with Crippen molar-refractivity contribution in [3.05, 3.63) is 52.3 Å². The number of carbonyl (C=O) groups is 1. The zero-order valence-electron chi connectivity index (χ0n) is 15.7. The fourth-order valence-corrected chi connectivity index (χ4v) is 4.38. The molecule has 5 nitrogen and oxygen atoms in total. The number of aryl methyl sites for hydroxylation is 1. The molecule has 1 unspecified atom stereocenters. The van der Waals surface area contributed by atoms with E-state index in [1.54, 1.807) is 11.3 Å². The lowest BCUT2D eigenvalue weighted by molar-refractivity contribution is -0.126. The second kappa shape index (κ2) is 7.64. The van der Waals surface area contributed by atoms with Gasteiger partial charge >= 0.3 is 0 Å². The minimum Gasteiger partial charge on any atom is -0.349 e. The average Bonchev–Trinajstić information content (AvgIpc) is 3.23. The molecular weight excluding hydrogens is 356 g/mol. The van der Waals surface area contributed by atoms with Gasteiger partial charge < -0.3 is 10.2 Å². The Bertz CT molecular complexity index is 933. The highest BCUT2D eigenvalue weighted by Gasteiger charge is 2.27. The first-order chi connectivity index (χ1) is 13.1. The summed E-state index contributed by atoms with van der Waals surface area (Å²) in [6, 6.07) is 12.3. The summed E-state index contributed by atoms with van der Waals surface area (Å²) in [5.74, 6) is 0.994. The molecule has 0 radical (unpaired) electrons. The summed E-state index contributed by atoms with van der Waals surface area (Å²) < 4.78 is 0. The lowest BCUT2D eigenvalue weighted by Crippen LogP contribution is -2.41. The van der Waals surface area contributed by atoms with Gasteiger partial charge in [-0.15, -0.1) is 11.3 Å². The second-order valence-corrected chi connectivity index (χ2v) is 8.11. The molecule has 1 N–H and O–H groups in total. The standard InChI is InChI=1S/C21H24N4OS/c1-14-17-6-3-4-7-18(17)24-21(23-14)25-11-9-16(10-12-25)20(26)22-15(2)19-8-5-13-27-19/h3-8,13,15-16H,9-12H2,1-2H3,(H,22,26). The summed E-state index contributed by atoms with van der Waals surface area (Å²) in [6.07, 6.45) is 1.66. The third-order valence-electron chi connectivity index (χ3n) is 5.26. The van der Waals surface area contributed by atoms with E-state index in [2.05, 4.69) is 22.3 Å². The Kier molecular flexibility index (Phi) is 5.07. The van der Waals surface area contributed by atoms with Crippen molar-refractivity contribution in [3.8, 4) is 0 Å². The topological polar surface area (TPSA) is 58.1 Å². The predicted molar refractivity (Wildman–Crippen MR) is 110 cm³/mol. The van der Waals surface area contributed by atoms with Gasteiger partial charge in [-0.1, -0.05) is 24.3 Å². The number of anilines is 1. The number of fused-ring (bicyclic) bond motifs is 1. The van der Waals surface area contributed by atoms with Crippen LogP contribution < -0.4 is 10.2 Å². The van der Waals surface area contributed by atoms with Crippen LogP contribution in [0.15, 0.2) is 41.8 Å². The van der Waals surface area contributed by atoms with Crippen LogP contribution in [0, 0.1) is 12.8 Å². The van der Waals surface area contributed by atoms with Gasteiger partial charge in [-0.3, -0.25) is 4.79 Å². The molecule has 1 aliphatic heterocycles. The van der Waals surface area contributed by atoms with Crippen molar-refractivity contribution in [3.63, 3.8) is 0 Å². The molecule has 1 atom stereocenters. The highest BCUT2D eigenvalue weighted by Crippen LogP contribution is 2.25. The van der Waals surface area contributed by atoms with E-state index < -0.39 is 0 Å². The first-order valence-electron chi connectivity index (χ1n) is 9.44. The van der Waals surface area contributed by atoms with E-state index >= 15 is 0 Å². The number of piperidine rings is 1. The Hall–Kier alpha value is -2.47. The zero-order valence-corrected chi connectivity index (χ0v) is 16.5. The van der Waals surface area contributed by atoms with E-state index in [1.807, 2.05) is 43.5 Å². The van der Waals surface area contributed by atoms with Gasteiger partial charge in [0.05, 0.1) is 17.3 Å². The summed E-state index contributed by atoms with van der Waals surface area (Å²) in [5.41, 5.74) is 1.98. The van der Waals surface area contributed by atoms with Gasteiger partial charge in [-0.2, -0.15) is 0 Å². The van der Waals surface area contributed by atoms with Gasteiger partial charge in [0.25, 0.3) is 0 Å². The molecule has 1 fully saturated rings. The number of hydrogen-bond donors (Lipinski definition) is 1. The van der Waals surface area contributed by atoms with Crippen molar-refractivity contribution in [1.29, 1.82) is 0 Å². The lowest BCUT2D eigenvalue weighted by Gasteiger charge is -2.32. The smallest absolute Gasteiger partial charge is 0.226 e. The second-order valence-electron chi connectivity index (χ2n) is 7.13. The van der Waals surface area contributed by atoms with Gasteiger partial charge in [0.1, 0.15) is 0 Å². The fourth-order valence-electron chi connectivity index (χ4n) is 3.64. The summed E-state index contributed by atoms with van der Waals surface area (Å²) in [7, 11) is 0. The Morgan fingerprint density at radius 1 is 1.19 bits per heavy atom. The van der Waals surface area contributed by atoms with E-state index in [-0.39, 0.29) is 17.9 Å². The molecular formula is C21H24N4OS. The number of rotatable bonds is 4. The third-order valence-corrected chi connectivity index (χ3v) is 6.31. The van der Waals surface area contributed by atoms with Crippen LogP contribution in [0.3, 0.4) is 0 Å². The normalized spacial score (nSPS) is 16.4. The SMILES string of the molecule is Cc1nc(N2CCC(C(=O)NC(C)c3cccs3)CC2)nc2ccccc12. The number of nitrogens with zero attached hydrogens (tertiary/aromatic N) is 3. The Morgan fingerprint density at radius 2 is 1.96 bits per heavy atom. The molecule has 0 aliphatic carbocycles. The molecule has 4 rings (SSSR count). The van der Waals surface area contributed by atoms with E-state index in [0.29, 0.717) is 0 Å². The highest BCUT2D eigenvalue weighted by atomic mass is 32.1. The number of nitrogens with one attached hydrogen (secondary N) is 1. The number of amides is 1. The van der Waals surface area contributed by atoms with Gasteiger partial charge in [0.2, 0.25) is 11.9 Å². The van der Waals surface area contributed by atoms with Crippen molar-refractivity contribution in [2.45, 2.75) is 32.7 Å². The van der Waals surface area contributed by atoms with Gasteiger partial charge in [-0.25, -0.2) is 9.97 Å². The summed E-state index contributed by atoms with van der Waals surface area (Å²) in [5, 5.41) is 6.30. The number of para-hydroxylation sites is 1. The molecule has 2 aromatic heterocycles. The molecule has 3 aromatic rings. The van der Waals surface area contributed by atoms with Gasteiger partial charge in [0.15, 0.2) is 0 Å². The molecule has 0 saturated carbocycles. The summed E-state index contributed by atoms with van der Waals surface area (Å²) in [4.78, 5) is 25.4. The molecule has 1 saturated heterocycles. The number of carbonyl (C=O) groups excluding carboxylic acids is 1. The van der Waals surface area contributed by atoms with Crippen LogP contribution in [0.1, 0.15) is 36.4 Å². The van der Waals surface area contributed by atoms with Crippen molar-refractivity contribution >= 4 is 34.1 Å². The summed E-state index contributed by atoms with van der Waals surface area (Å²) in [6.45, 7) is 5.69. The zero-order chi connectivity index (χ0) is 18.8. The predicted octanol–water partition coefficient (Wildman–Crippen LogP) is 4.09. The van der Waals surface area contributed by atoms with E-state index in [9.17, 15) is 4.79 Å². The van der Waals surface area contributed by atoms with Crippen LogP contribution in [0.25, 0.3) is 10.9 Å². The van der Waals surface area contributed by atoms with Crippen LogP contribution in [0.4, 0.5) is 5.95 Å². The number of hydrogen-bond acceptors (Lipinski definition) is 5. The minimum atomic E-state index is 0.0604. The van der Waals surface area contributed by atoms with Crippen LogP contribution in [-0.4, -0.2) is 29.0 Å². The molecule has 140 valence electrons. The Morgan fingerprint density at radius 3 is 2.70 bits per heavy atom. The molecule has 0 bridgehead atoms. The van der Waals surface area contributed by atoms with Crippen LogP contribution in [-0.2, 0) is 4.79 Å². The summed E-state index contributed by atoms with van der Waals surface area (Å²) >= 11 is 1.68. The van der Waals surface area contributed by atoms with E-state index in [4.69, 9.17) is 9.97 Å². The number of thiophene rings is 1. The third kappa shape index (κ3) is 3.81. The fraction of sp³-hybridized carbons (Fsp3) is 0.381. The maximum atomic E-state index is 12.6. The molecule has 1 aromatic carbocycles. The average molecular weight is 381 g/mol. The monoisotopic (exact) mass is 380 g/mol. The maximum Gasteiger partial charge on any atom is 0.226 e. The van der Waals surface area contributed by atoms with Crippen molar-refractivity contribution in [2.75, 3.05) is 18.0 Å². The lowest BCUT2D eigenvalue weighted by atomic mass is 9.95. The first kappa shape index (κ1) is 17.9. The Labute approximate surface area is 163 Å². The van der Waals surface area contributed by atoms with Gasteiger partial charge in [-0.05, 0) is 44.2 Å². The van der Waals surface area contributed by atoms with E-state index in [0.717, 1.165) is 48.5 Å². The molecule has 1 amide bonds. The van der Waals surface area contributed by atoms with E-state index in [1.165, 1.54) is 4.88 Å². The Balaban J connectivity index is 1.39. The maximum absolute atomic E-state index is 12.6. The van der Waals surface area contributed by atoms with Crippen LogP contribution in [0.5, 0.6) is 0 Å². The molecule has 1 aliphatic rings. The van der Waals surface area contributed by atoms with Crippen molar-refractivity contribution in [2.24, 2.45) is 5.92 Å². The quantitative estimate of drug-likeness (QED) is 0.740. The largest absolute Gasteiger partial charge is 0.349 e. The molecule has 3 heterocycles. The number of benzene rings is 1. The minimum absolute atomic E-state index is 0.0604. The molecule has 27 heavy (non-hydrogen) atoms. The highest BCUT2D eigenvalue weighted by molar-refractivity contribution is 7.10. The first-order valence-corrected chi connectivity index (χ1v) is 10.3.